The standard InChI is InChI=1S/C15H17NO5S/c1-5-21-15(17)13-14(22-8-16-13)9-6-11(19-3)12(20-4)7-10(9)18-2/h6-8H,5H2,1-4H3. The van der Waals surface area contributed by atoms with Crippen molar-refractivity contribution in [2.24, 2.45) is 0 Å². The van der Waals surface area contributed by atoms with Gasteiger partial charge in [0.05, 0.1) is 38.3 Å². The Hall–Kier alpha value is -2.28. The summed E-state index contributed by atoms with van der Waals surface area (Å²) < 4.78 is 21.0. The van der Waals surface area contributed by atoms with Crippen LogP contribution in [0.2, 0.25) is 0 Å². The minimum Gasteiger partial charge on any atom is -0.496 e. The molecule has 0 fully saturated rings. The Labute approximate surface area is 132 Å². The number of esters is 1. The third kappa shape index (κ3) is 2.99. The first-order valence-electron chi connectivity index (χ1n) is 6.57. The Morgan fingerprint density at radius 3 is 2.32 bits per heavy atom. The second-order valence-electron chi connectivity index (χ2n) is 4.16. The van der Waals surface area contributed by atoms with Crippen molar-refractivity contribution in [3.8, 4) is 27.7 Å². The molecule has 22 heavy (non-hydrogen) atoms. The number of hydrogen-bond acceptors (Lipinski definition) is 7. The molecule has 0 radical (unpaired) electrons. The smallest absolute Gasteiger partial charge is 0.358 e. The van der Waals surface area contributed by atoms with E-state index in [-0.39, 0.29) is 5.69 Å². The van der Waals surface area contributed by atoms with E-state index in [1.807, 2.05) is 0 Å². The number of nitrogens with zero attached hydrogens (tertiary/aromatic N) is 1. The van der Waals surface area contributed by atoms with Crippen molar-refractivity contribution in [2.45, 2.75) is 6.92 Å². The molecule has 2 rings (SSSR count). The van der Waals surface area contributed by atoms with Crippen molar-refractivity contribution in [2.75, 3.05) is 27.9 Å². The van der Waals surface area contributed by atoms with Crippen LogP contribution in [0, 0.1) is 0 Å². The number of aromatic nitrogens is 1. The van der Waals surface area contributed by atoms with Crippen LogP contribution in [0.1, 0.15) is 17.4 Å². The normalized spacial score (nSPS) is 10.2. The van der Waals surface area contributed by atoms with Crippen LogP contribution in [0.5, 0.6) is 17.2 Å². The lowest BCUT2D eigenvalue weighted by molar-refractivity contribution is 0.0521. The SMILES string of the molecule is CCOC(=O)c1ncsc1-c1cc(OC)c(OC)cc1OC. The van der Waals surface area contributed by atoms with Crippen LogP contribution in [0.25, 0.3) is 10.4 Å². The zero-order valence-corrected chi connectivity index (χ0v) is 13.7. The highest BCUT2D eigenvalue weighted by Crippen LogP contribution is 2.42. The van der Waals surface area contributed by atoms with Gasteiger partial charge in [-0.15, -0.1) is 11.3 Å². The van der Waals surface area contributed by atoms with Gasteiger partial charge < -0.3 is 18.9 Å². The molecule has 6 nitrogen and oxygen atoms in total. The summed E-state index contributed by atoms with van der Waals surface area (Å²) in [5.74, 6) is 1.19. The zero-order valence-electron chi connectivity index (χ0n) is 12.8. The lowest BCUT2D eigenvalue weighted by Gasteiger charge is -2.13. The Kier molecular flexibility index (Phi) is 5.21. The molecule has 0 aliphatic heterocycles. The molecule has 0 aliphatic carbocycles. The van der Waals surface area contributed by atoms with Crippen LogP contribution in [-0.4, -0.2) is 38.9 Å². The molecule has 0 spiro atoms. The minimum absolute atomic E-state index is 0.261. The van der Waals surface area contributed by atoms with Gasteiger partial charge in [-0.3, -0.25) is 0 Å². The van der Waals surface area contributed by atoms with Gasteiger partial charge in [0, 0.05) is 11.6 Å². The van der Waals surface area contributed by atoms with E-state index in [0.717, 1.165) is 0 Å². The topological polar surface area (TPSA) is 66.9 Å². The van der Waals surface area contributed by atoms with E-state index in [1.54, 1.807) is 45.9 Å². The summed E-state index contributed by atoms with van der Waals surface area (Å²) >= 11 is 1.33. The van der Waals surface area contributed by atoms with E-state index in [4.69, 9.17) is 18.9 Å². The highest BCUT2D eigenvalue weighted by molar-refractivity contribution is 7.13. The summed E-state index contributed by atoms with van der Waals surface area (Å²) in [4.78, 5) is 16.8. The van der Waals surface area contributed by atoms with Crippen molar-refractivity contribution in [3.63, 3.8) is 0 Å². The van der Waals surface area contributed by atoms with Crippen molar-refractivity contribution < 1.29 is 23.7 Å². The fraction of sp³-hybridized carbons (Fsp3) is 0.333. The fourth-order valence-corrected chi connectivity index (χ4v) is 2.79. The largest absolute Gasteiger partial charge is 0.496 e. The lowest BCUT2D eigenvalue weighted by atomic mass is 10.1. The van der Waals surface area contributed by atoms with Gasteiger partial charge in [-0.05, 0) is 13.0 Å². The molecule has 7 heteroatoms. The molecule has 0 bridgehead atoms. The molecule has 0 amide bonds. The first-order valence-corrected chi connectivity index (χ1v) is 7.45. The van der Waals surface area contributed by atoms with Gasteiger partial charge in [0.2, 0.25) is 0 Å². The summed E-state index contributed by atoms with van der Waals surface area (Å²) in [7, 11) is 4.65. The van der Waals surface area contributed by atoms with E-state index in [2.05, 4.69) is 4.98 Å². The molecule has 0 atom stereocenters. The number of carbonyl (C=O) groups excluding carboxylic acids is 1. The minimum atomic E-state index is -0.462. The van der Waals surface area contributed by atoms with Crippen LogP contribution >= 0.6 is 11.3 Å². The molecule has 1 aromatic carbocycles. The van der Waals surface area contributed by atoms with E-state index in [9.17, 15) is 4.79 Å². The lowest BCUT2D eigenvalue weighted by Crippen LogP contribution is -2.06. The van der Waals surface area contributed by atoms with Gasteiger partial charge in [0.15, 0.2) is 17.2 Å². The number of benzene rings is 1. The van der Waals surface area contributed by atoms with E-state index >= 15 is 0 Å². The molecule has 0 saturated carbocycles. The molecule has 2 aromatic rings. The summed E-state index contributed by atoms with van der Waals surface area (Å²) in [6, 6.07) is 3.47. The van der Waals surface area contributed by atoms with Crippen molar-refractivity contribution in [1.29, 1.82) is 0 Å². The monoisotopic (exact) mass is 323 g/mol. The number of methoxy groups -OCH3 is 3. The third-order valence-electron chi connectivity index (χ3n) is 2.99. The van der Waals surface area contributed by atoms with Crippen molar-refractivity contribution in [1.82, 2.24) is 4.98 Å². The summed E-state index contributed by atoms with van der Waals surface area (Å²) in [6.07, 6.45) is 0. The maximum Gasteiger partial charge on any atom is 0.358 e. The highest BCUT2D eigenvalue weighted by atomic mass is 32.1. The first kappa shape index (κ1) is 16.1. The molecule has 118 valence electrons. The Morgan fingerprint density at radius 1 is 1.09 bits per heavy atom. The number of hydrogen-bond donors (Lipinski definition) is 0. The number of carbonyl (C=O) groups is 1. The average molecular weight is 323 g/mol. The van der Waals surface area contributed by atoms with Gasteiger partial charge >= 0.3 is 5.97 Å². The maximum absolute atomic E-state index is 12.0. The zero-order chi connectivity index (χ0) is 16.1. The van der Waals surface area contributed by atoms with E-state index < -0.39 is 5.97 Å². The molecule has 1 aromatic heterocycles. The van der Waals surface area contributed by atoms with Gasteiger partial charge in [-0.25, -0.2) is 9.78 Å². The van der Waals surface area contributed by atoms with Crippen LogP contribution in [-0.2, 0) is 4.74 Å². The molecule has 1 heterocycles. The Balaban J connectivity index is 2.57. The van der Waals surface area contributed by atoms with Crippen LogP contribution in [0.4, 0.5) is 0 Å². The molecular formula is C15H17NO5S. The second kappa shape index (κ2) is 7.13. The van der Waals surface area contributed by atoms with Crippen molar-refractivity contribution in [3.05, 3.63) is 23.3 Å². The van der Waals surface area contributed by atoms with Gasteiger partial charge in [0.1, 0.15) is 5.75 Å². The predicted molar refractivity (Wildman–Crippen MR) is 83.2 cm³/mol. The molecule has 0 aliphatic rings. The molecule has 0 saturated heterocycles. The third-order valence-corrected chi connectivity index (χ3v) is 3.85. The number of thiazole rings is 1. The number of rotatable bonds is 6. The Bertz CT molecular complexity index is 668. The predicted octanol–water partition coefficient (Wildman–Crippen LogP) is 3.01. The van der Waals surface area contributed by atoms with Gasteiger partial charge in [-0.2, -0.15) is 0 Å². The van der Waals surface area contributed by atoms with Gasteiger partial charge in [0.25, 0.3) is 0 Å². The molecule has 0 unspecified atom stereocenters. The summed E-state index contributed by atoms with van der Waals surface area (Å²) in [6.45, 7) is 2.04. The number of ether oxygens (including phenoxy) is 4. The Morgan fingerprint density at radius 2 is 1.73 bits per heavy atom. The van der Waals surface area contributed by atoms with Gasteiger partial charge in [-0.1, -0.05) is 0 Å². The maximum atomic E-state index is 12.0. The van der Waals surface area contributed by atoms with Crippen molar-refractivity contribution >= 4 is 17.3 Å². The van der Waals surface area contributed by atoms with Crippen LogP contribution in [0.15, 0.2) is 17.6 Å². The van der Waals surface area contributed by atoms with Crippen LogP contribution < -0.4 is 14.2 Å². The average Bonchev–Trinajstić information content (AvgIpc) is 3.03. The van der Waals surface area contributed by atoms with E-state index in [1.165, 1.54) is 11.3 Å². The first-order chi connectivity index (χ1) is 10.7. The van der Waals surface area contributed by atoms with E-state index in [0.29, 0.717) is 34.3 Å². The highest BCUT2D eigenvalue weighted by Gasteiger charge is 2.22. The molecular weight excluding hydrogens is 306 g/mol. The quantitative estimate of drug-likeness (QED) is 0.761. The van der Waals surface area contributed by atoms with Crippen LogP contribution in [0.3, 0.4) is 0 Å². The fourth-order valence-electron chi connectivity index (χ4n) is 1.99. The summed E-state index contributed by atoms with van der Waals surface area (Å²) in [5.41, 5.74) is 2.56. The summed E-state index contributed by atoms with van der Waals surface area (Å²) in [5, 5.41) is 0. The second-order valence-corrected chi connectivity index (χ2v) is 5.01. The molecule has 0 N–H and O–H groups in total.